The van der Waals surface area contributed by atoms with Gasteiger partial charge >= 0.3 is 0 Å². The Bertz CT molecular complexity index is 1050. The Morgan fingerprint density at radius 1 is 1.11 bits per heavy atom. The minimum Gasteiger partial charge on any atom is -0.633 e. The first-order valence-corrected chi connectivity index (χ1v) is 13.7. The molecule has 2 bridgehead atoms. The highest BCUT2D eigenvalue weighted by atomic mass is 16.7. The number of allylic oxidation sites excluding steroid dienone is 1. The van der Waals surface area contributed by atoms with Gasteiger partial charge in [-0.15, -0.1) is 0 Å². The van der Waals surface area contributed by atoms with Gasteiger partial charge in [-0.3, -0.25) is 0 Å². The van der Waals surface area contributed by atoms with Gasteiger partial charge in [-0.05, 0) is 49.7 Å². The molecule has 35 heavy (non-hydrogen) atoms. The lowest BCUT2D eigenvalue weighted by Gasteiger charge is -2.65. The summed E-state index contributed by atoms with van der Waals surface area (Å²) in [6.45, 7) is 1.78. The third-order valence-electron chi connectivity index (χ3n) is 10.0. The van der Waals surface area contributed by atoms with Crippen molar-refractivity contribution in [2.75, 3.05) is 19.7 Å². The number of aliphatic hydroxyl groups excluding tert-OH is 2. The van der Waals surface area contributed by atoms with E-state index in [0.29, 0.717) is 31.9 Å². The molecule has 2 unspecified atom stereocenters. The van der Waals surface area contributed by atoms with Gasteiger partial charge in [-0.1, -0.05) is 42.5 Å². The summed E-state index contributed by atoms with van der Waals surface area (Å²) >= 11 is 0. The zero-order valence-corrected chi connectivity index (χ0v) is 20.4. The van der Waals surface area contributed by atoms with Crippen molar-refractivity contribution in [2.45, 2.75) is 81.5 Å². The summed E-state index contributed by atoms with van der Waals surface area (Å²) in [5, 5.41) is 36.7. The average molecular weight is 480 g/mol. The summed E-state index contributed by atoms with van der Waals surface area (Å²) < 4.78 is 13.2. The van der Waals surface area contributed by atoms with Gasteiger partial charge in [0.1, 0.15) is 6.10 Å². The van der Waals surface area contributed by atoms with Gasteiger partial charge in [0.05, 0.1) is 37.9 Å². The lowest BCUT2D eigenvalue weighted by molar-refractivity contribution is -0.920. The number of aliphatic hydroxyl groups is 2. The van der Waals surface area contributed by atoms with Crippen molar-refractivity contribution in [3.8, 4) is 0 Å². The number of likely N-dealkylation sites (tertiary alicyclic amines) is 1. The van der Waals surface area contributed by atoms with Crippen LogP contribution in [-0.4, -0.2) is 64.7 Å². The lowest BCUT2D eigenvalue weighted by Crippen LogP contribution is -2.69. The maximum absolute atomic E-state index is 14.2. The van der Waals surface area contributed by atoms with Crippen LogP contribution in [0.3, 0.4) is 0 Å². The molecule has 4 aliphatic carbocycles. The van der Waals surface area contributed by atoms with Crippen molar-refractivity contribution in [3.63, 3.8) is 0 Å². The Morgan fingerprint density at radius 2 is 1.94 bits per heavy atom. The normalized spacial score (nSPS) is 45.5. The standard InChI is InChI=1S/C29H37NO5/c31-24-12-11-22-23-17-21-10-13-25(32)29(34-16-4-7-19-5-2-1-3-6-19)26(21)28(22,27(24)35-29)14-15-30(23,33)18-20-8-9-20/h1-3,5-6,10,13,20,22-25,27,31-32H,4,7-9,11-12,14-18H2/t22-,23+,24-,25-,27-,28-,29?,30?/m0/s1. The molecule has 7 rings (SSSR count). The summed E-state index contributed by atoms with van der Waals surface area (Å²) in [4.78, 5) is 0. The SMILES string of the molecule is [O-][N+]1(CC2CC2)CC[C@]23C4=C5C=C[C@H](O)C4(OCCCc4ccccc4)O[C@H]2[C@@H](O)CC[C@H]3[C@H]1C5. The van der Waals surface area contributed by atoms with E-state index in [-0.39, 0.29) is 16.6 Å². The summed E-state index contributed by atoms with van der Waals surface area (Å²) in [5.41, 5.74) is 3.03. The van der Waals surface area contributed by atoms with E-state index in [1.807, 2.05) is 24.3 Å². The molecule has 2 heterocycles. The third kappa shape index (κ3) is 3.24. The van der Waals surface area contributed by atoms with E-state index in [1.54, 1.807) is 6.08 Å². The van der Waals surface area contributed by atoms with Gasteiger partial charge < -0.3 is 29.5 Å². The summed E-state index contributed by atoms with van der Waals surface area (Å²) in [5.74, 6) is -0.488. The molecule has 2 saturated heterocycles. The Morgan fingerprint density at radius 3 is 2.74 bits per heavy atom. The number of piperidine rings is 1. The van der Waals surface area contributed by atoms with Gasteiger partial charge in [0.15, 0.2) is 0 Å². The van der Waals surface area contributed by atoms with Gasteiger partial charge in [0, 0.05) is 35.7 Å². The number of ether oxygens (including phenoxy) is 2. The van der Waals surface area contributed by atoms with Crippen molar-refractivity contribution in [1.82, 2.24) is 0 Å². The highest BCUT2D eigenvalue weighted by molar-refractivity contribution is 5.49. The van der Waals surface area contributed by atoms with Crippen molar-refractivity contribution >= 4 is 0 Å². The zero-order chi connectivity index (χ0) is 23.8. The first-order chi connectivity index (χ1) is 17.0. The fourth-order valence-corrected chi connectivity index (χ4v) is 8.42. The quantitative estimate of drug-likeness (QED) is 0.355. The molecule has 6 aliphatic rings. The van der Waals surface area contributed by atoms with Crippen LogP contribution < -0.4 is 0 Å². The van der Waals surface area contributed by atoms with Gasteiger partial charge in [-0.2, -0.15) is 0 Å². The molecule has 0 aromatic heterocycles. The molecule has 2 N–H and O–H groups in total. The van der Waals surface area contributed by atoms with Crippen molar-refractivity contribution in [3.05, 3.63) is 64.4 Å². The zero-order valence-electron chi connectivity index (χ0n) is 20.4. The summed E-state index contributed by atoms with van der Waals surface area (Å²) in [6.07, 6.45) is 8.89. The Kier molecular flexibility index (Phi) is 5.16. The molecule has 6 heteroatoms. The van der Waals surface area contributed by atoms with Crippen LogP contribution in [0.4, 0.5) is 0 Å². The van der Waals surface area contributed by atoms with Crippen molar-refractivity contribution in [1.29, 1.82) is 0 Å². The monoisotopic (exact) mass is 479 g/mol. The predicted molar refractivity (Wildman–Crippen MR) is 131 cm³/mol. The van der Waals surface area contributed by atoms with Crippen molar-refractivity contribution < 1.29 is 24.3 Å². The predicted octanol–water partition coefficient (Wildman–Crippen LogP) is 3.62. The number of nitrogens with zero attached hydrogens (tertiary/aromatic N) is 1. The van der Waals surface area contributed by atoms with E-state index in [1.165, 1.54) is 18.4 Å². The largest absolute Gasteiger partial charge is 0.633 e. The molecule has 8 atom stereocenters. The van der Waals surface area contributed by atoms with E-state index in [4.69, 9.17) is 9.47 Å². The molecule has 1 aromatic rings. The van der Waals surface area contributed by atoms with Gasteiger partial charge in [0.25, 0.3) is 0 Å². The van der Waals surface area contributed by atoms with Crippen LogP contribution in [-0.2, 0) is 15.9 Å². The van der Waals surface area contributed by atoms with E-state index < -0.39 is 29.5 Å². The molecular formula is C29H37NO5. The fourth-order valence-electron chi connectivity index (χ4n) is 8.42. The minimum absolute atomic E-state index is 0.00970. The first kappa shape index (κ1) is 22.6. The molecule has 0 amide bonds. The van der Waals surface area contributed by atoms with Crippen LogP contribution in [0, 0.1) is 22.5 Å². The van der Waals surface area contributed by atoms with E-state index in [2.05, 4.69) is 12.1 Å². The number of hydrogen-bond donors (Lipinski definition) is 2. The average Bonchev–Trinajstić information content (AvgIpc) is 3.61. The topological polar surface area (TPSA) is 82.0 Å². The maximum atomic E-state index is 14.2. The Balaban J connectivity index is 1.23. The molecule has 0 radical (unpaired) electrons. The van der Waals surface area contributed by atoms with E-state index in [0.717, 1.165) is 43.4 Å². The second-order valence-corrected chi connectivity index (χ2v) is 12.0. The van der Waals surface area contributed by atoms with Crippen LogP contribution in [0.15, 0.2) is 53.6 Å². The third-order valence-corrected chi connectivity index (χ3v) is 10.0. The molecule has 1 aromatic carbocycles. The maximum Gasteiger partial charge on any atom is 0.223 e. The molecule has 2 aliphatic heterocycles. The molecule has 4 fully saturated rings. The number of benzene rings is 1. The highest BCUT2D eigenvalue weighted by Crippen LogP contribution is 2.69. The molecule has 6 nitrogen and oxygen atoms in total. The first-order valence-electron chi connectivity index (χ1n) is 13.7. The number of aryl methyl sites for hydroxylation is 1. The van der Waals surface area contributed by atoms with Gasteiger partial charge in [-0.25, -0.2) is 0 Å². The van der Waals surface area contributed by atoms with E-state index in [9.17, 15) is 15.4 Å². The van der Waals surface area contributed by atoms with Crippen LogP contribution in [0.25, 0.3) is 0 Å². The minimum atomic E-state index is -1.24. The summed E-state index contributed by atoms with van der Waals surface area (Å²) in [6, 6.07) is 10.4. The number of hydrogen-bond acceptors (Lipinski definition) is 5. The van der Waals surface area contributed by atoms with Crippen molar-refractivity contribution in [2.24, 2.45) is 17.3 Å². The van der Waals surface area contributed by atoms with E-state index >= 15 is 0 Å². The lowest BCUT2D eigenvalue weighted by atomic mass is 9.49. The molecule has 188 valence electrons. The molecule has 2 saturated carbocycles. The fraction of sp³-hybridized carbons (Fsp3) is 0.655. The highest BCUT2D eigenvalue weighted by Gasteiger charge is 2.75. The second-order valence-electron chi connectivity index (χ2n) is 12.0. The number of rotatable bonds is 7. The van der Waals surface area contributed by atoms with Crippen LogP contribution >= 0.6 is 0 Å². The number of hydroxylamine groups is 3. The van der Waals surface area contributed by atoms with Crippen LogP contribution in [0.2, 0.25) is 0 Å². The Labute approximate surface area is 207 Å². The molecular weight excluding hydrogens is 442 g/mol. The van der Waals surface area contributed by atoms with Crippen LogP contribution in [0.5, 0.6) is 0 Å². The summed E-state index contributed by atoms with van der Waals surface area (Å²) in [7, 11) is 0. The number of quaternary nitrogens is 1. The second kappa shape index (κ2) is 7.98. The van der Waals surface area contributed by atoms with Crippen LogP contribution in [0.1, 0.15) is 50.5 Å². The van der Waals surface area contributed by atoms with Gasteiger partial charge in [0.2, 0.25) is 5.79 Å². The smallest absolute Gasteiger partial charge is 0.223 e. The Hall–Kier alpha value is -1.54. The molecule has 1 spiro atoms.